The van der Waals surface area contributed by atoms with Crippen LogP contribution in [-0.4, -0.2) is 23.7 Å². The predicted octanol–water partition coefficient (Wildman–Crippen LogP) is 2.14. The molecule has 0 aliphatic carbocycles. The van der Waals surface area contributed by atoms with Crippen molar-refractivity contribution in [1.29, 1.82) is 0 Å². The smallest absolute Gasteiger partial charge is 0.319 e. The van der Waals surface area contributed by atoms with E-state index in [1.807, 2.05) is 13.8 Å². The van der Waals surface area contributed by atoms with Gasteiger partial charge in [0.05, 0.1) is 17.3 Å². The van der Waals surface area contributed by atoms with Gasteiger partial charge in [0.25, 0.3) is 0 Å². The minimum atomic E-state index is -0.904. The van der Waals surface area contributed by atoms with E-state index in [1.165, 1.54) is 0 Å². The molecule has 0 saturated heterocycles. The maximum absolute atomic E-state index is 11.7. The van der Waals surface area contributed by atoms with E-state index in [2.05, 4.69) is 10.6 Å². The van der Waals surface area contributed by atoms with Crippen LogP contribution in [0.4, 0.5) is 16.2 Å². The third kappa shape index (κ3) is 5.17. The Morgan fingerprint density at radius 3 is 2.50 bits per heavy atom. The van der Waals surface area contributed by atoms with Crippen LogP contribution in [0.5, 0.6) is 0 Å². The lowest BCUT2D eigenvalue weighted by Crippen LogP contribution is -2.36. The number of hydrogen-bond acceptors (Lipinski definition) is 3. The number of para-hydroxylation sites is 2. The lowest BCUT2D eigenvalue weighted by molar-refractivity contribution is -0.142. The summed E-state index contributed by atoms with van der Waals surface area (Å²) in [6.45, 7) is 3.98. The number of carbonyl (C=O) groups excluding carboxylic acids is 1. The second-order valence-corrected chi connectivity index (χ2v) is 5.09. The summed E-state index contributed by atoms with van der Waals surface area (Å²) >= 11 is 0. The molecule has 110 valence electrons. The van der Waals surface area contributed by atoms with Crippen molar-refractivity contribution in [1.82, 2.24) is 5.32 Å². The number of nitrogens with one attached hydrogen (secondary N) is 2. The number of aliphatic carboxylic acids is 1. The number of rotatable bonds is 6. The molecule has 1 atom stereocenters. The molecule has 0 aliphatic rings. The van der Waals surface area contributed by atoms with E-state index in [9.17, 15) is 9.59 Å². The first-order chi connectivity index (χ1) is 9.40. The first-order valence-electron chi connectivity index (χ1n) is 6.52. The highest BCUT2D eigenvalue weighted by Gasteiger charge is 2.19. The third-order valence-electron chi connectivity index (χ3n) is 2.82. The number of carbonyl (C=O) groups is 2. The summed E-state index contributed by atoms with van der Waals surface area (Å²) in [6.07, 6.45) is 0.517. The fourth-order valence-electron chi connectivity index (χ4n) is 1.83. The highest BCUT2D eigenvalue weighted by molar-refractivity contribution is 5.92. The van der Waals surface area contributed by atoms with Gasteiger partial charge in [0.2, 0.25) is 0 Å². The van der Waals surface area contributed by atoms with Crippen molar-refractivity contribution < 1.29 is 14.7 Å². The lowest BCUT2D eigenvalue weighted by atomic mass is 9.97. The molecule has 2 amide bonds. The highest BCUT2D eigenvalue weighted by atomic mass is 16.4. The van der Waals surface area contributed by atoms with Crippen LogP contribution < -0.4 is 16.4 Å². The molecule has 0 spiro atoms. The number of amides is 2. The molecule has 0 bridgehead atoms. The Hall–Kier alpha value is -2.24. The molecule has 1 unspecified atom stereocenters. The number of carboxylic acid groups (broad SMARTS) is 1. The molecule has 1 aromatic carbocycles. The SMILES string of the molecule is CC(C)CC(CNC(=O)Nc1ccccc1N)C(=O)O. The number of anilines is 2. The summed E-state index contributed by atoms with van der Waals surface area (Å²) in [6, 6.07) is 6.41. The van der Waals surface area contributed by atoms with Gasteiger partial charge in [-0.2, -0.15) is 0 Å². The number of carboxylic acids is 1. The Bertz CT molecular complexity index is 474. The van der Waals surface area contributed by atoms with Gasteiger partial charge >= 0.3 is 12.0 Å². The van der Waals surface area contributed by atoms with Gasteiger partial charge in [0.15, 0.2) is 0 Å². The molecular formula is C14H21N3O3. The van der Waals surface area contributed by atoms with Gasteiger partial charge in [-0.1, -0.05) is 26.0 Å². The van der Waals surface area contributed by atoms with Crippen LogP contribution in [0.2, 0.25) is 0 Å². The van der Waals surface area contributed by atoms with Gasteiger partial charge in [-0.3, -0.25) is 4.79 Å². The molecule has 0 aromatic heterocycles. The Balaban J connectivity index is 2.50. The summed E-state index contributed by atoms with van der Waals surface area (Å²) in [4.78, 5) is 22.8. The van der Waals surface area contributed by atoms with E-state index >= 15 is 0 Å². The van der Waals surface area contributed by atoms with Gasteiger partial charge < -0.3 is 21.5 Å². The van der Waals surface area contributed by atoms with Crippen LogP contribution in [-0.2, 0) is 4.79 Å². The topological polar surface area (TPSA) is 104 Å². The zero-order valence-corrected chi connectivity index (χ0v) is 11.7. The maximum Gasteiger partial charge on any atom is 0.319 e. The van der Waals surface area contributed by atoms with Crippen molar-refractivity contribution in [2.75, 3.05) is 17.6 Å². The van der Waals surface area contributed by atoms with E-state index in [1.54, 1.807) is 24.3 Å². The molecule has 1 aromatic rings. The fraction of sp³-hybridized carbons (Fsp3) is 0.429. The van der Waals surface area contributed by atoms with Gasteiger partial charge in [0, 0.05) is 6.54 Å². The Labute approximate surface area is 118 Å². The van der Waals surface area contributed by atoms with Gasteiger partial charge in [-0.15, -0.1) is 0 Å². The van der Waals surface area contributed by atoms with Crippen LogP contribution in [0.25, 0.3) is 0 Å². The standard InChI is InChI=1S/C14H21N3O3/c1-9(2)7-10(13(18)19)8-16-14(20)17-12-6-4-3-5-11(12)15/h3-6,9-10H,7-8,15H2,1-2H3,(H,18,19)(H2,16,17,20). The summed E-state index contributed by atoms with van der Waals surface area (Å²) < 4.78 is 0. The van der Waals surface area contributed by atoms with E-state index in [0.29, 0.717) is 17.8 Å². The Morgan fingerprint density at radius 1 is 1.30 bits per heavy atom. The first kappa shape index (κ1) is 15.8. The quantitative estimate of drug-likeness (QED) is 0.599. The van der Waals surface area contributed by atoms with Crippen molar-refractivity contribution >= 4 is 23.4 Å². The molecule has 0 saturated carbocycles. The van der Waals surface area contributed by atoms with E-state index < -0.39 is 17.9 Å². The van der Waals surface area contributed by atoms with Crippen molar-refractivity contribution in [2.45, 2.75) is 20.3 Å². The number of urea groups is 1. The van der Waals surface area contributed by atoms with Crippen molar-refractivity contribution in [3.8, 4) is 0 Å². The monoisotopic (exact) mass is 279 g/mol. The normalized spacial score (nSPS) is 11.9. The molecule has 5 N–H and O–H groups in total. The first-order valence-corrected chi connectivity index (χ1v) is 6.52. The summed E-state index contributed by atoms with van der Waals surface area (Å²) in [5, 5.41) is 14.2. The molecule has 6 nitrogen and oxygen atoms in total. The average molecular weight is 279 g/mol. The van der Waals surface area contributed by atoms with Gasteiger partial charge in [0.1, 0.15) is 0 Å². The molecule has 20 heavy (non-hydrogen) atoms. The molecule has 0 radical (unpaired) electrons. The minimum absolute atomic E-state index is 0.0894. The Kier molecular flexibility index (Phi) is 5.83. The zero-order valence-electron chi connectivity index (χ0n) is 11.7. The molecule has 0 fully saturated rings. The lowest BCUT2D eigenvalue weighted by Gasteiger charge is -2.16. The number of hydrogen-bond donors (Lipinski definition) is 4. The molecule has 0 aliphatic heterocycles. The molecule has 1 rings (SSSR count). The highest BCUT2D eigenvalue weighted by Crippen LogP contribution is 2.16. The third-order valence-corrected chi connectivity index (χ3v) is 2.82. The van der Waals surface area contributed by atoms with Crippen LogP contribution in [0.1, 0.15) is 20.3 Å². The number of benzene rings is 1. The minimum Gasteiger partial charge on any atom is -0.481 e. The van der Waals surface area contributed by atoms with E-state index in [4.69, 9.17) is 10.8 Å². The van der Waals surface area contributed by atoms with E-state index in [0.717, 1.165) is 0 Å². The van der Waals surface area contributed by atoms with Crippen molar-refractivity contribution in [2.24, 2.45) is 11.8 Å². The molecule has 0 heterocycles. The van der Waals surface area contributed by atoms with Crippen LogP contribution in [0.3, 0.4) is 0 Å². The Morgan fingerprint density at radius 2 is 1.95 bits per heavy atom. The number of nitrogen functional groups attached to an aromatic ring is 1. The second kappa shape index (κ2) is 7.37. The zero-order chi connectivity index (χ0) is 15.1. The predicted molar refractivity (Wildman–Crippen MR) is 78.5 cm³/mol. The summed E-state index contributed by atoms with van der Waals surface area (Å²) in [5.41, 5.74) is 6.66. The van der Waals surface area contributed by atoms with Crippen molar-refractivity contribution in [3.63, 3.8) is 0 Å². The van der Waals surface area contributed by atoms with Crippen LogP contribution >= 0.6 is 0 Å². The van der Waals surface area contributed by atoms with Crippen LogP contribution in [0, 0.1) is 11.8 Å². The maximum atomic E-state index is 11.7. The molecular weight excluding hydrogens is 258 g/mol. The van der Waals surface area contributed by atoms with E-state index in [-0.39, 0.29) is 12.5 Å². The van der Waals surface area contributed by atoms with Crippen LogP contribution in [0.15, 0.2) is 24.3 Å². The second-order valence-electron chi connectivity index (χ2n) is 5.09. The van der Waals surface area contributed by atoms with Gasteiger partial charge in [-0.25, -0.2) is 4.79 Å². The molecule has 6 heteroatoms. The average Bonchev–Trinajstić information content (AvgIpc) is 2.36. The summed E-state index contributed by atoms with van der Waals surface area (Å²) in [5.74, 6) is -1.24. The number of nitrogens with two attached hydrogens (primary N) is 1. The fourth-order valence-corrected chi connectivity index (χ4v) is 1.83. The van der Waals surface area contributed by atoms with Gasteiger partial charge in [-0.05, 0) is 24.5 Å². The van der Waals surface area contributed by atoms with Crippen molar-refractivity contribution in [3.05, 3.63) is 24.3 Å². The largest absolute Gasteiger partial charge is 0.481 e. The summed E-state index contributed by atoms with van der Waals surface area (Å²) in [7, 11) is 0.